The molecule has 2 aromatic carbocycles. The number of ether oxygens (including phenoxy) is 1. The Bertz CT molecular complexity index is 1840. The van der Waals surface area contributed by atoms with Crippen molar-refractivity contribution in [2.75, 3.05) is 20.4 Å². The van der Waals surface area contributed by atoms with E-state index in [4.69, 9.17) is 32.5 Å². The van der Waals surface area contributed by atoms with Gasteiger partial charge in [-0.15, -0.1) is 9.53 Å². The van der Waals surface area contributed by atoms with Gasteiger partial charge in [0.25, 0.3) is 5.91 Å². The maximum Gasteiger partial charge on any atom is 0.414 e. The topological polar surface area (TPSA) is 108 Å². The fraction of sp³-hybridized carbons (Fsp3) is 0.394. The maximum absolute atomic E-state index is 14.6. The Morgan fingerprint density at radius 1 is 1.12 bits per heavy atom. The molecule has 2 heterocycles. The van der Waals surface area contributed by atoms with Crippen LogP contribution in [0.1, 0.15) is 58.8 Å². The highest BCUT2D eigenvalue weighted by Crippen LogP contribution is 2.46. The van der Waals surface area contributed by atoms with Crippen LogP contribution in [0.4, 0.5) is 13.2 Å². The predicted molar refractivity (Wildman–Crippen MR) is 178 cm³/mol. The van der Waals surface area contributed by atoms with Crippen molar-refractivity contribution in [2.45, 2.75) is 62.2 Å². The Balaban J connectivity index is 1.19. The number of aromatic nitrogens is 1. The average Bonchev–Trinajstić information content (AvgIpc) is 3.93. The molecule has 1 atom stereocenters. The lowest BCUT2D eigenvalue weighted by atomic mass is 10.0. The van der Waals surface area contributed by atoms with Gasteiger partial charge in [-0.2, -0.15) is 17.4 Å². The van der Waals surface area contributed by atoms with E-state index in [2.05, 4.69) is 9.88 Å². The number of nitrogens with zero attached hydrogens (tertiary/aromatic N) is 3. The van der Waals surface area contributed by atoms with Gasteiger partial charge in [-0.05, 0) is 67.7 Å². The standard InChI is InChI=1S/C33H35Cl2F3N4O5S/c1-41(17-19-7-9-21(10-8-19)32(43)40-48(3,44,45)22-13-14-22)26-15-16-27(42(2)31(26)33(36,37)38)46-18-23-29(39-47-30(23)20-11-12-20)28-24(34)5-4-6-25(28)35/h4-10,15-16,20,22,31H,11-14,17-18H2,1-3H3,(H2,40,43,44,45). The second kappa shape index (κ2) is 12.4. The van der Waals surface area contributed by atoms with Crippen LogP contribution in [0.15, 0.2) is 70.7 Å². The van der Waals surface area contributed by atoms with Crippen molar-refractivity contribution < 1.29 is 36.0 Å². The van der Waals surface area contributed by atoms with Crippen LogP contribution >= 0.6 is 23.2 Å². The first-order valence-electron chi connectivity index (χ1n) is 15.3. The molecule has 48 heavy (non-hydrogen) atoms. The molecule has 2 aliphatic carbocycles. The zero-order valence-electron chi connectivity index (χ0n) is 26.4. The van der Waals surface area contributed by atoms with E-state index in [0.29, 0.717) is 51.0 Å². The summed E-state index contributed by atoms with van der Waals surface area (Å²) in [7, 11) is -1.41. The van der Waals surface area contributed by atoms with Crippen molar-refractivity contribution in [2.24, 2.45) is 0 Å². The number of allylic oxidation sites excluding steroid dienone is 2. The van der Waals surface area contributed by atoms with Gasteiger partial charge in [0.2, 0.25) is 0 Å². The summed E-state index contributed by atoms with van der Waals surface area (Å²) >= 11 is 12.9. The van der Waals surface area contributed by atoms with Crippen molar-refractivity contribution in [3.05, 3.63) is 98.7 Å². The molecule has 2 N–H and O–H groups in total. The summed E-state index contributed by atoms with van der Waals surface area (Å²) in [6.07, 6.45) is 2.31. The molecule has 1 amide bonds. The van der Waals surface area contributed by atoms with Crippen molar-refractivity contribution in [1.82, 2.24) is 19.7 Å². The molecule has 3 aliphatic rings. The van der Waals surface area contributed by atoms with Gasteiger partial charge >= 0.3 is 6.18 Å². The van der Waals surface area contributed by atoms with Crippen molar-refractivity contribution in [3.63, 3.8) is 0 Å². The number of hydrogen-bond acceptors (Lipinski definition) is 7. The predicted octanol–water partition coefficient (Wildman–Crippen LogP) is 7.51. The fourth-order valence-corrected chi connectivity index (χ4v) is 8.43. The average molecular weight is 728 g/mol. The summed E-state index contributed by atoms with van der Waals surface area (Å²) in [5.74, 6) is 0.0603. The molecule has 0 spiro atoms. The minimum absolute atomic E-state index is 0.00462. The third kappa shape index (κ3) is 7.10. The quantitative estimate of drug-likeness (QED) is 0.209. The van der Waals surface area contributed by atoms with Crippen LogP contribution in [-0.4, -0.2) is 67.4 Å². The second-order valence-corrected chi connectivity index (χ2v) is 17.1. The highest BCUT2D eigenvalue weighted by atomic mass is 35.5. The first-order valence-corrected chi connectivity index (χ1v) is 18.4. The number of carbonyl (C=O) groups is 1. The van der Waals surface area contributed by atoms with E-state index >= 15 is 0 Å². The number of alkyl halides is 3. The molecule has 1 unspecified atom stereocenters. The summed E-state index contributed by atoms with van der Waals surface area (Å²) in [4.78, 5) is 15.2. The van der Waals surface area contributed by atoms with Crippen molar-refractivity contribution >= 4 is 38.6 Å². The van der Waals surface area contributed by atoms with Crippen LogP contribution in [0.25, 0.3) is 11.3 Å². The second-order valence-electron chi connectivity index (χ2n) is 12.7. The molecule has 15 heteroatoms. The Morgan fingerprint density at radius 2 is 1.77 bits per heavy atom. The normalized spacial score (nSPS) is 19.2. The minimum Gasteiger partial charge on any atom is -0.474 e. The first-order chi connectivity index (χ1) is 22.5. The summed E-state index contributed by atoms with van der Waals surface area (Å²) in [5, 5.41) is 4.48. The molecular formula is C33H35Cl2F3N4O5S. The third-order valence-corrected chi connectivity index (χ3v) is 12.1. The van der Waals surface area contributed by atoms with Crippen LogP contribution in [0.5, 0.6) is 0 Å². The van der Waals surface area contributed by atoms with Crippen LogP contribution in [0.3, 0.4) is 0 Å². The largest absolute Gasteiger partial charge is 0.474 e. The Hall–Kier alpha value is -3.52. The number of halogens is 5. The molecule has 3 aromatic rings. The summed E-state index contributed by atoms with van der Waals surface area (Å²) in [6.45, 7) is -0.0162. The highest BCUT2D eigenvalue weighted by Gasteiger charge is 2.48. The summed E-state index contributed by atoms with van der Waals surface area (Å²) in [6, 6.07) is 9.19. The zero-order valence-corrected chi connectivity index (χ0v) is 28.7. The molecule has 6 rings (SSSR count). The lowest BCUT2D eigenvalue weighted by molar-refractivity contribution is -0.176. The maximum atomic E-state index is 14.6. The zero-order chi connectivity index (χ0) is 34.6. The van der Waals surface area contributed by atoms with Gasteiger partial charge in [-0.25, -0.2) is 0 Å². The van der Waals surface area contributed by atoms with E-state index in [1.54, 1.807) is 37.4 Å². The van der Waals surface area contributed by atoms with E-state index in [0.717, 1.165) is 24.0 Å². The molecule has 2 fully saturated rings. The van der Waals surface area contributed by atoms with E-state index in [9.17, 15) is 26.7 Å². The Labute approximate surface area is 286 Å². The number of hydrogen-bond donors (Lipinski definition) is 2. The van der Waals surface area contributed by atoms with E-state index < -0.39 is 32.9 Å². The molecule has 9 nitrogen and oxygen atoms in total. The lowest BCUT2D eigenvalue weighted by Gasteiger charge is -2.40. The van der Waals surface area contributed by atoms with Gasteiger partial charge in [-0.1, -0.05) is 46.6 Å². The number of likely N-dealkylation sites (N-methyl/N-ethyl adjacent to an activating group) is 2. The fourth-order valence-electron chi connectivity index (χ4n) is 5.88. The number of carbonyl (C=O) groups excluding carboxylic acids is 1. The molecule has 1 aromatic heterocycles. The van der Waals surface area contributed by atoms with Crippen LogP contribution in [-0.2, 0) is 27.4 Å². The van der Waals surface area contributed by atoms with Gasteiger partial charge in [0, 0.05) is 49.6 Å². The minimum atomic E-state index is -4.65. The molecule has 1 aliphatic heterocycles. The molecule has 0 bridgehead atoms. The smallest absolute Gasteiger partial charge is 0.414 e. The first kappa shape index (κ1) is 34.3. The van der Waals surface area contributed by atoms with Crippen molar-refractivity contribution in [3.8, 4) is 11.3 Å². The third-order valence-electron chi connectivity index (χ3n) is 8.78. The number of rotatable bonds is 11. The lowest BCUT2D eigenvalue weighted by Crippen LogP contribution is -2.52. The highest BCUT2D eigenvalue weighted by molar-refractivity contribution is 8.14. The van der Waals surface area contributed by atoms with Gasteiger partial charge < -0.3 is 19.1 Å². The number of benzene rings is 2. The molecular weight excluding hydrogens is 692 g/mol. The van der Waals surface area contributed by atoms with E-state index in [-0.39, 0.29) is 36.2 Å². The molecule has 2 saturated carbocycles. The molecule has 0 saturated heterocycles. The van der Waals surface area contributed by atoms with Crippen LogP contribution in [0, 0.1) is 0 Å². The Kier molecular flexibility index (Phi) is 8.89. The van der Waals surface area contributed by atoms with E-state index in [1.807, 2.05) is 0 Å². The number of amides is 1. The van der Waals surface area contributed by atoms with Gasteiger partial charge in [0.1, 0.15) is 18.1 Å². The van der Waals surface area contributed by atoms with Crippen molar-refractivity contribution in [1.29, 1.82) is 0 Å². The SMILES string of the molecule is CN(Cc1ccc(C(=O)NS(C)(=O)(O)C2CC2)cc1)C1=CC=C(OCc2c(-c3c(Cl)cccc3Cl)noc2C2CC2)N(C)C1C(F)(F)F. The monoisotopic (exact) mass is 726 g/mol. The molecule has 0 radical (unpaired) electrons. The Morgan fingerprint density at radius 3 is 2.35 bits per heavy atom. The van der Waals surface area contributed by atoms with Gasteiger partial charge in [0.05, 0.1) is 20.9 Å². The van der Waals surface area contributed by atoms with Crippen LogP contribution in [0.2, 0.25) is 10.0 Å². The van der Waals surface area contributed by atoms with Crippen LogP contribution < -0.4 is 4.72 Å². The number of nitrogens with one attached hydrogen (secondary N) is 1. The van der Waals surface area contributed by atoms with Gasteiger partial charge in [-0.3, -0.25) is 14.1 Å². The summed E-state index contributed by atoms with van der Waals surface area (Å²) in [5.41, 5.74) is 2.23. The molecule has 258 valence electrons. The van der Waals surface area contributed by atoms with Gasteiger partial charge in [0.15, 0.2) is 11.9 Å². The van der Waals surface area contributed by atoms with E-state index in [1.165, 1.54) is 36.2 Å². The summed E-state index contributed by atoms with van der Waals surface area (Å²) < 4.78 is 81.1.